The number of rotatable bonds is 6. The van der Waals surface area contributed by atoms with E-state index in [1.807, 2.05) is 25.1 Å². The van der Waals surface area contributed by atoms with E-state index in [9.17, 15) is 9.59 Å². The smallest absolute Gasteiger partial charge is 0.320 e. The maximum Gasteiger partial charge on any atom is 0.320 e. The van der Waals surface area contributed by atoms with Gasteiger partial charge in [0.2, 0.25) is 0 Å². The van der Waals surface area contributed by atoms with Gasteiger partial charge < -0.3 is 21.5 Å². The third-order valence-electron chi connectivity index (χ3n) is 2.85. The van der Waals surface area contributed by atoms with Gasteiger partial charge in [-0.15, -0.1) is 0 Å². The molecule has 1 atom stereocenters. The molecule has 0 bridgehead atoms. The van der Waals surface area contributed by atoms with Crippen LogP contribution in [0, 0.1) is 0 Å². The van der Waals surface area contributed by atoms with Crippen LogP contribution >= 0.6 is 0 Å². The zero-order valence-corrected chi connectivity index (χ0v) is 11.1. The van der Waals surface area contributed by atoms with Crippen molar-refractivity contribution in [2.75, 3.05) is 24.7 Å². The van der Waals surface area contributed by atoms with Crippen LogP contribution in [-0.4, -0.2) is 37.0 Å². The van der Waals surface area contributed by atoms with Crippen LogP contribution in [0.5, 0.6) is 0 Å². The first-order valence-electron chi connectivity index (χ1n) is 5.91. The summed E-state index contributed by atoms with van der Waals surface area (Å²) in [7, 11) is 3.72. The summed E-state index contributed by atoms with van der Waals surface area (Å²) >= 11 is 0. The minimum atomic E-state index is -1.11. The lowest BCUT2D eigenvalue weighted by atomic mass is 10.0. The second-order valence-corrected chi connectivity index (χ2v) is 4.57. The van der Waals surface area contributed by atoms with E-state index < -0.39 is 12.0 Å². The number of nitrogen functional groups attached to an aromatic ring is 1. The van der Waals surface area contributed by atoms with Gasteiger partial charge in [-0.05, 0) is 24.6 Å². The molecule has 6 nitrogen and oxygen atoms in total. The van der Waals surface area contributed by atoms with Crippen molar-refractivity contribution in [3.05, 3.63) is 23.8 Å². The Kier molecular flexibility index (Phi) is 4.88. The van der Waals surface area contributed by atoms with E-state index in [2.05, 4.69) is 0 Å². The molecule has 1 aromatic carbocycles. The Bertz CT molecular complexity index is 486. The second kappa shape index (κ2) is 6.19. The molecule has 104 valence electrons. The summed E-state index contributed by atoms with van der Waals surface area (Å²) in [5.74, 6) is -1.30. The molecule has 19 heavy (non-hydrogen) atoms. The van der Waals surface area contributed by atoms with Gasteiger partial charge in [-0.2, -0.15) is 0 Å². The largest absolute Gasteiger partial charge is 0.480 e. The maximum atomic E-state index is 12.0. The van der Waals surface area contributed by atoms with Crippen LogP contribution in [0.15, 0.2) is 18.2 Å². The average molecular weight is 265 g/mol. The molecule has 6 heteroatoms. The predicted octanol–water partition coefficient (Wildman–Crippen LogP) is 0.710. The lowest BCUT2D eigenvalue weighted by molar-refractivity contribution is -0.138. The summed E-state index contributed by atoms with van der Waals surface area (Å²) < 4.78 is 0. The fraction of sp³-hybridized carbons (Fsp3) is 0.385. The molecule has 1 rings (SSSR count). The normalized spacial score (nSPS) is 11.9. The molecule has 0 amide bonds. The lowest BCUT2D eigenvalue weighted by Crippen LogP contribution is -2.30. The van der Waals surface area contributed by atoms with Crippen LogP contribution in [0.3, 0.4) is 0 Å². The molecule has 0 fully saturated rings. The molecule has 0 spiro atoms. The third-order valence-corrected chi connectivity index (χ3v) is 2.85. The highest BCUT2D eigenvalue weighted by atomic mass is 16.4. The van der Waals surface area contributed by atoms with Gasteiger partial charge in [0.05, 0.1) is 0 Å². The minimum absolute atomic E-state index is 0.0640. The lowest BCUT2D eigenvalue weighted by Gasteiger charge is -2.15. The quantitative estimate of drug-likeness (QED) is 0.516. The van der Waals surface area contributed by atoms with Crippen molar-refractivity contribution in [3.63, 3.8) is 0 Å². The van der Waals surface area contributed by atoms with E-state index in [4.69, 9.17) is 16.6 Å². The van der Waals surface area contributed by atoms with Gasteiger partial charge in [-0.25, -0.2) is 0 Å². The monoisotopic (exact) mass is 265 g/mol. The first-order valence-corrected chi connectivity index (χ1v) is 5.91. The number of carboxylic acid groups (broad SMARTS) is 1. The molecule has 5 N–H and O–H groups in total. The van der Waals surface area contributed by atoms with Crippen molar-refractivity contribution in [3.8, 4) is 0 Å². The van der Waals surface area contributed by atoms with Crippen molar-refractivity contribution in [1.82, 2.24) is 0 Å². The summed E-state index contributed by atoms with van der Waals surface area (Å²) in [6, 6.07) is 4.15. The molecule has 1 unspecified atom stereocenters. The van der Waals surface area contributed by atoms with Gasteiger partial charge in [0, 0.05) is 37.5 Å². The van der Waals surface area contributed by atoms with Crippen molar-refractivity contribution in [2.24, 2.45) is 5.73 Å². The van der Waals surface area contributed by atoms with Crippen LogP contribution in [0.4, 0.5) is 11.4 Å². The van der Waals surface area contributed by atoms with E-state index in [-0.39, 0.29) is 18.6 Å². The summed E-state index contributed by atoms with van der Waals surface area (Å²) in [4.78, 5) is 24.5. The first kappa shape index (κ1) is 15.0. The highest BCUT2D eigenvalue weighted by Gasteiger charge is 2.16. The number of nitrogens with zero attached hydrogens (tertiary/aromatic N) is 1. The number of hydrogen-bond donors (Lipinski definition) is 3. The summed E-state index contributed by atoms with van der Waals surface area (Å²) in [5, 5.41) is 8.67. The molecule has 0 radical (unpaired) electrons. The Morgan fingerprint density at radius 1 is 1.37 bits per heavy atom. The number of carbonyl (C=O) groups is 2. The predicted molar refractivity (Wildman–Crippen MR) is 74.4 cm³/mol. The molecule has 0 heterocycles. The van der Waals surface area contributed by atoms with Crippen LogP contribution in [0.1, 0.15) is 23.2 Å². The van der Waals surface area contributed by atoms with E-state index >= 15 is 0 Å². The first-order chi connectivity index (χ1) is 8.82. The van der Waals surface area contributed by atoms with E-state index in [1.54, 1.807) is 12.1 Å². The number of Topliss-reactive ketones (excluding diaryl/α,β-unsaturated/α-hetero) is 1. The molecular formula is C13H19N3O3. The Hall–Kier alpha value is -2.08. The zero-order chi connectivity index (χ0) is 14.6. The van der Waals surface area contributed by atoms with Crippen molar-refractivity contribution < 1.29 is 14.7 Å². The number of anilines is 2. The third kappa shape index (κ3) is 3.96. The summed E-state index contributed by atoms with van der Waals surface area (Å²) in [6.45, 7) is 0. The Morgan fingerprint density at radius 2 is 2.00 bits per heavy atom. The molecule has 0 saturated carbocycles. The molecule has 0 saturated heterocycles. The van der Waals surface area contributed by atoms with Crippen LogP contribution in [-0.2, 0) is 4.79 Å². The summed E-state index contributed by atoms with van der Waals surface area (Å²) in [6.07, 6.45) is 0.161. The molecular weight excluding hydrogens is 246 g/mol. The van der Waals surface area contributed by atoms with Gasteiger partial charge in [-0.3, -0.25) is 9.59 Å². The maximum absolute atomic E-state index is 12.0. The van der Waals surface area contributed by atoms with Gasteiger partial charge in [0.25, 0.3) is 0 Å². The van der Waals surface area contributed by atoms with Gasteiger partial charge in [-0.1, -0.05) is 0 Å². The summed E-state index contributed by atoms with van der Waals surface area (Å²) in [5.41, 5.74) is 12.8. The number of ketones is 1. The van der Waals surface area contributed by atoms with Gasteiger partial charge >= 0.3 is 5.97 Å². The van der Waals surface area contributed by atoms with Crippen LogP contribution in [0.25, 0.3) is 0 Å². The topological polar surface area (TPSA) is 110 Å². The molecule has 0 aromatic heterocycles. The van der Waals surface area contributed by atoms with Crippen LogP contribution < -0.4 is 16.4 Å². The van der Waals surface area contributed by atoms with Crippen molar-refractivity contribution in [1.29, 1.82) is 0 Å². The Labute approximate surface area is 112 Å². The minimum Gasteiger partial charge on any atom is -0.480 e. The molecule has 0 aliphatic carbocycles. The number of carboxylic acids is 1. The van der Waals surface area contributed by atoms with Crippen molar-refractivity contribution in [2.45, 2.75) is 18.9 Å². The standard InChI is InChI=1S/C13H19N3O3/c1-16(2)8-3-4-10(14)9(7-8)12(17)6-5-11(15)13(18)19/h3-4,7,11H,5-6,14-15H2,1-2H3,(H,18,19). The van der Waals surface area contributed by atoms with Gasteiger partial charge in [0.1, 0.15) is 6.04 Å². The number of nitrogens with two attached hydrogens (primary N) is 2. The zero-order valence-electron chi connectivity index (χ0n) is 11.1. The second-order valence-electron chi connectivity index (χ2n) is 4.57. The number of carbonyl (C=O) groups excluding carboxylic acids is 1. The number of benzene rings is 1. The molecule has 0 aliphatic heterocycles. The number of aliphatic carboxylic acids is 1. The fourth-order valence-electron chi connectivity index (χ4n) is 1.61. The van der Waals surface area contributed by atoms with E-state index in [0.29, 0.717) is 11.3 Å². The molecule has 1 aromatic rings. The van der Waals surface area contributed by atoms with E-state index in [0.717, 1.165) is 5.69 Å². The van der Waals surface area contributed by atoms with Crippen LogP contribution in [0.2, 0.25) is 0 Å². The highest BCUT2D eigenvalue weighted by molar-refractivity contribution is 6.01. The van der Waals surface area contributed by atoms with E-state index in [1.165, 1.54) is 0 Å². The SMILES string of the molecule is CN(C)c1ccc(N)c(C(=O)CCC(N)C(=O)O)c1. The fourth-order valence-corrected chi connectivity index (χ4v) is 1.61. The highest BCUT2D eigenvalue weighted by Crippen LogP contribution is 2.21. The molecule has 0 aliphatic rings. The number of hydrogen-bond acceptors (Lipinski definition) is 5. The Morgan fingerprint density at radius 3 is 2.53 bits per heavy atom. The van der Waals surface area contributed by atoms with Crippen molar-refractivity contribution >= 4 is 23.1 Å². The average Bonchev–Trinajstić information content (AvgIpc) is 2.35. The Balaban J connectivity index is 2.81. The van der Waals surface area contributed by atoms with Gasteiger partial charge in [0.15, 0.2) is 5.78 Å².